The number of tetrazole rings is 1. The Bertz CT molecular complexity index is 1130. The minimum atomic E-state index is 0.589. The van der Waals surface area contributed by atoms with Crippen molar-refractivity contribution >= 4 is 17.7 Å². The standard InChI is InChI=1S/C22H24N8S/c1-17-10-12-18(13-11-17)29-21(28-14-6-3-7-15-28)24-25-22(29)31-16-20-23-26-27-30(20)19-8-4-2-5-9-19/h2,4-5,8-13H,3,6-7,14-16H2,1H3. The predicted octanol–water partition coefficient (Wildman–Crippen LogP) is 3.83. The first kappa shape index (κ1) is 19.7. The lowest BCUT2D eigenvalue weighted by molar-refractivity contribution is 0.564. The average molecular weight is 433 g/mol. The zero-order valence-corrected chi connectivity index (χ0v) is 18.2. The summed E-state index contributed by atoms with van der Waals surface area (Å²) in [6.07, 6.45) is 3.66. The first-order chi connectivity index (χ1) is 15.3. The van der Waals surface area contributed by atoms with E-state index in [-0.39, 0.29) is 0 Å². The molecule has 3 heterocycles. The quantitative estimate of drug-likeness (QED) is 0.429. The molecule has 4 aromatic rings. The molecular weight excluding hydrogens is 408 g/mol. The largest absolute Gasteiger partial charge is 0.341 e. The normalized spacial score (nSPS) is 14.2. The van der Waals surface area contributed by atoms with Crippen LogP contribution in [0.2, 0.25) is 0 Å². The molecule has 1 saturated heterocycles. The van der Waals surface area contributed by atoms with E-state index in [0.717, 1.165) is 41.4 Å². The van der Waals surface area contributed by atoms with Crippen molar-refractivity contribution in [2.75, 3.05) is 18.0 Å². The maximum Gasteiger partial charge on any atom is 0.232 e. The van der Waals surface area contributed by atoms with Crippen LogP contribution in [0.25, 0.3) is 11.4 Å². The smallest absolute Gasteiger partial charge is 0.232 e. The van der Waals surface area contributed by atoms with Crippen molar-refractivity contribution in [3.8, 4) is 11.4 Å². The van der Waals surface area contributed by atoms with Gasteiger partial charge in [0.1, 0.15) is 0 Å². The van der Waals surface area contributed by atoms with Gasteiger partial charge >= 0.3 is 0 Å². The highest BCUT2D eigenvalue weighted by atomic mass is 32.2. The van der Waals surface area contributed by atoms with Crippen molar-refractivity contribution in [3.63, 3.8) is 0 Å². The highest BCUT2D eigenvalue weighted by Gasteiger charge is 2.22. The highest BCUT2D eigenvalue weighted by molar-refractivity contribution is 7.98. The Morgan fingerprint density at radius 2 is 1.61 bits per heavy atom. The maximum absolute atomic E-state index is 4.58. The molecule has 9 heteroatoms. The number of rotatable bonds is 6. The summed E-state index contributed by atoms with van der Waals surface area (Å²) in [6.45, 7) is 4.13. The first-order valence-corrected chi connectivity index (χ1v) is 11.5. The molecule has 0 N–H and O–H groups in total. The topological polar surface area (TPSA) is 77.5 Å². The third kappa shape index (κ3) is 4.18. The second-order valence-electron chi connectivity index (χ2n) is 7.63. The molecule has 5 rings (SSSR count). The van der Waals surface area contributed by atoms with E-state index >= 15 is 0 Å². The van der Waals surface area contributed by atoms with Gasteiger partial charge in [-0.3, -0.25) is 4.57 Å². The van der Waals surface area contributed by atoms with E-state index in [1.54, 1.807) is 16.4 Å². The first-order valence-electron chi connectivity index (χ1n) is 10.5. The molecule has 0 amide bonds. The lowest BCUT2D eigenvalue weighted by Crippen LogP contribution is -2.31. The lowest BCUT2D eigenvalue weighted by atomic mass is 10.1. The van der Waals surface area contributed by atoms with Gasteiger partial charge < -0.3 is 4.90 Å². The van der Waals surface area contributed by atoms with E-state index < -0.39 is 0 Å². The molecule has 0 saturated carbocycles. The van der Waals surface area contributed by atoms with Crippen LogP contribution in [0.4, 0.5) is 5.95 Å². The van der Waals surface area contributed by atoms with Crippen molar-refractivity contribution in [2.24, 2.45) is 0 Å². The molecule has 0 radical (unpaired) electrons. The van der Waals surface area contributed by atoms with Crippen LogP contribution in [0.3, 0.4) is 0 Å². The van der Waals surface area contributed by atoms with Gasteiger partial charge in [-0.05, 0) is 60.9 Å². The van der Waals surface area contributed by atoms with E-state index in [4.69, 9.17) is 0 Å². The van der Waals surface area contributed by atoms with Crippen LogP contribution in [0.5, 0.6) is 0 Å². The molecule has 8 nitrogen and oxygen atoms in total. The van der Waals surface area contributed by atoms with Gasteiger partial charge in [0.15, 0.2) is 11.0 Å². The van der Waals surface area contributed by atoms with Crippen LogP contribution in [0, 0.1) is 6.92 Å². The molecule has 31 heavy (non-hydrogen) atoms. The Morgan fingerprint density at radius 3 is 2.39 bits per heavy atom. The van der Waals surface area contributed by atoms with E-state index in [2.05, 4.69) is 66.4 Å². The summed E-state index contributed by atoms with van der Waals surface area (Å²) in [7, 11) is 0. The van der Waals surface area contributed by atoms with Crippen LogP contribution < -0.4 is 4.90 Å². The number of benzene rings is 2. The zero-order chi connectivity index (χ0) is 21.0. The average Bonchev–Trinajstić information content (AvgIpc) is 3.46. The fraction of sp³-hybridized carbons (Fsp3) is 0.318. The molecule has 0 bridgehead atoms. The number of thioether (sulfide) groups is 1. The van der Waals surface area contributed by atoms with E-state index in [1.807, 2.05) is 30.3 Å². The Labute approximate surface area is 185 Å². The number of piperidine rings is 1. The Hall–Kier alpha value is -3.20. The van der Waals surface area contributed by atoms with Crippen molar-refractivity contribution in [3.05, 3.63) is 66.0 Å². The van der Waals surface area contributed by atoms with Gasteiger partial charge in [-0.25, -0.2) is 0 Å². The van der Waals surface area contributed by atoms with Gasteiger partial charge in [-0.2, -0.15) is 4.68 Å². The van der Waals surface area contributed by atoms with E-state index in [9.17, 15) is 0 Å². The summed E-state index contributed by atoms with van der Waals surface area (Å²) in [5, 5.41) is 22.2. The van der Waals surface area contributed by atoms with Gasteiger partial charge in [-0.15, -0.1) is 15.3 Å². The van der Waals surface area contributed by atoms with Crippen molar-refractivity contribution in [1.82, 2.24) is 35.0 Å². The van der Waals surface area contributed by atoms with Crippen LogP contribution in [-0.2, 0) is 5.75 Å². The lowest BCUT2D eigenvalue weighted by Gasteiger charge is -2.27. The number of para-hydroxylation sites is 1. The minimum absolute atomic E-state index is 0.589. The molecule has 0 spiro atoms. The summed E-state index contributed by atoms with van der Waals surface area (Å²) in [6, 6.07) is 18.4. The third-order valence-corrected chi connectivity index (χ3v) is 6.34. The predicted molar refractivity (Wildman–Crippen MR) is 121 cm³/mol. The van der Waals surface area contributed by atoms with Crippen molar-refractivity contribution < 1.29 is 0 Å². The molecule has 158 valence electrons. The third-order valence-electron chi connectivity index (χ3n) is 5.41. The Balaban J connectivity index is 1.45. The van der Waals surface area contributed by atoms with Gasteiger partial charge in [0.25, 0.3) is 0 Å². The molecular formula is C22H24N8S. The van der Waals surface area contributed by atoms with Gasteiger partial charge in [-0.1, -0.05) is 47.7 Å². The molecule has 1 fully saturated rings. The molecule has 2 aromatic carbocycles. The van der Waals surface area contributed by atoms with Gasteiger partial charge in [0.2, 0.25) is 5.95 Å². The molecule has 1 aliphatic heterocycles. The van der Waals surface area contributed by atoms with Gasteiger partial charge in [0, 0.05) is 13.1 Å². The summed E-state index contributed by atoms with van der Waals surface area (Å²) >= 11 is 1.60. The zero-order valence-electron chi connectivity index (χ0n) is 17.4. The number of aromatic nitrogens is 7. The fourth-order valence-electron chi connectivity index (χ4n) is 3.77. The van der Waals surface area contributed by atoms with Crippen LogP contribution in [0.1, 0.15) is 30.7 Å². The molecule has 0 atom stereocenters. The Kier molecular flexibility index (Phi) is 5.66. The summed E-state index contributed by atoms with van der Waals surface area (Å²) in [4.78, 5) is 2.34. The second kappa shape index (κ2) is 8.89. The number of hydrogen-bond acceptors (Lipinski definition) is 7. The molecule has 2 aromatic heterocycles. The highest BCUT2D eigenvalue weighted by Crippen LogP contribution is 2.30. The van der Waals surface area contributed by atoms with E-state index in [1.165, 1.54) is 24.8 Å². The molecule has 1 aliphatic rings. The van der Waals surface area contributed by atoms with Crippen LogP contribution >= 0.6 is 11.8 Å². The maximum atomic E-state index is 4.58. The van der Waals surface area contributed by atoms with Crippen molar-refractivity contribution in [2.45, 2.75) is 37.1 Å². The number of nitrogens with zero attached hydrogens (tertiary/aromatic N) is 8. The van der Waals surface area contributed by atoms with Crippen LogP contribution in [-0.4, -0.2) is 48.1 Å². The SMILES string of the molecule is Cc1ccc(-n2c(SCc3nnnn3-c3ccccc3)nnc2N2CCCCC2)cc1. The van der Waals surface area contributed by atoms with E-state index in [0.29, 0.717) is 5.75 Å². The number of hydrogen-bond donors (Lipinski definition) is 0. The van der Waals surface area contributed by atoms with Crippen LogP contribution in [0.15, 0.2) is 59.8 Å². The monoisotopic (exact) mass is 432 g/mol. The van der Waals surface area contributed by atoms with Gasteiger partial charge in [0.05, 0.1) is 17.1 Å². The minimum Gasteiger partial charge on any atom is -0.341 e. The number of aryl methyl sites for hydroxylation is 1. The summed E-state index contributed by atoms with van der Waals surface area (Å²) < 4.78 is 3.93. The Morgan fingerprint density at radius 1 is 0.839 bits per heavy atom. The summed E-state index contributed by atoms with van der Waals surface area (Å²) in [5.41, 5.74) is 3.24. The molecule has 0 unspecified atom stereocenters. The fourth-order valence-corrected chi connectivity index (χ4v) is 4.62. The molecule has 0 aliphatic carbocycles. The summed E-state index contributed by atoms with van der Waals surface area (Å²) in [5.74, 6) is 2.27. The second-order valence-corrected chi connectivity index (χ2v) is 8.57. The van der Waals surface area contributed by atoms with Crippen molar-refractivity contribution in [1.29, 1.82) is 0 Å². The number of anilines is 1.